The van der Waals surface area contributed by atoms with Gasteiger partial charge in [0, 0.05) is 29.3 Å². The number of benzene rings is 2. The number of methoxy groups -OCH3 is 1. The Labute approximate surface area is 134 Å². The first-order valence-corrected chi connectivity index (χ1v) is 7.77. The van der Waals surface area contributed by atoms with Crippen molar-refractivity contribution in [3.63, 3.8) is 0 Å². The van der Waals surface area contributed by atoms with E-state index in [1.54, 1.807) is 7.11 Å². The molecule has 1 atom stereocenters. The van der Waals surface area contributed by atoms with Crippen LogP contribution in [0.3, 0.4) is 0 Å². The van der Waals surface area contributed by atoms with Gasteiger partial charge in [0.2, 0.25) is 6.79 Å². The van der Waals surface area contributed by atoms with Crippen molar-refractivity contribution in [1.82, 2.24) is 4.90 Å². The topological polar surface area (TPSA) is 40.2 Å². The van der Waals surface area contributed by atoms with Crippen molar-refractivity contribution in [2.24, 2.45) is 0 Å². The Balaban J connectivity index is 1.83. The molecule has 0 aromatic heterocycles. The molecule has 0 bridgehead atoms. The van der Waals surface area contributed by atoms with Crippen molar-refractivity contribution in [2.45, 2.75) is 12.6 Å². The highest BCUT2D eigenvalue weighted by molar-refractivity contribution is 5.85. The fourth-order valence-electron chi connectivity index (χ4n) is 3.70. The molecule has 3 heterocycles. The number of hydrogen-bond donors (Lipinski definition) is 0. The van der Waals surface area contributed by atoms with E-state index in [1.165, 1.54) is 11.1 Å². The third-order valence-corrected chi connectivity index (χ3v) is 4.87. The van der Waals surface area contributed by atoms with E-state index >= 15 is 0 Å². The number of ether oxygens (including phenoxy) is 4. The minimum atomic E-state index is -0.0946. The fraction of sp³-hybridized carbons (Fsp3) is 0.333. The molecule has 3 aliphatic heterocycles. The first kappa shape index (κ1) is 13.1. The van der Waals surface area contributed by atoms with E-state index in [-0.39, 0.29) is 13.0 Å². The lowest BCUT2D eigenvalue weighted by molar-refractivity contribution is 0.0329. The second-order valence-electron chi connectivity index (χ2n) is 6.12. The molecule has 2 aromatic rings. The lowest BCUT2D eigenvalue weighted by atomic mass is 9.86. The second-order valence-corrected chi connectivity index (χ2v) is 6.12. The lowest BCUT2D eigenvalue weighted by Crippen LogP contribution is -2.37. The van der Waals surface area contributed by atoms with Gasteiger partial charge in [-0.25, -0.2) is 0 Å². The Kier molecular flexibility index (Phi) is 2.59. The van der Waals surface area contributed by atoms with Gasteiger partial charge in [-0.1, -0.05) is 0 Å². The molecule has 0 aliphatic carbocycles. The first-order chi connectivity index (χ1) is 11.3. The van der Waals surface area contributed by atoms with E-state index in [0.717, 1.165) is 47.1 Å². The third-order valence-electron chi connectivity index (χ3n) is 4.87. The predicted octanol–water partition coefficient (Wildman–Crippen LogP) is 2.97. The average molecular weight is 311 g/mol. The standard InChI is InChI=1S/C18H17NO4/c1-19-6-5-10-7-14-17(22-9-21-14)16-12-4-3-11(20-2)8-13(12)23-18(19)15(10)16/h3-4,7-8,18H,5-6,9H2,1-2H3. The third kappa shape index (κ3) is 1.71. The summed E-state index contributed by atoms with van der Waals surface area (Å²) in [6, 6.07) is 8.04. The van der Waals surface area contributed by atoms with Gasteiger partial charge in [0.15, 0.2) is 17.7 Å². The van der Waals surface area contributed by atoms with Gasteiger partial charge in [0.25, 0.3) is 0 Å². The van der Waals surface area contributed by atoms with E-state index in [9.17, 15) is 0 Å². The van der Waals surface area contributed by atoms with Crippen LogP contribution in [0.5, 0.6) is 23.0 Å². The number of hydrogen-bond acceptors (Lipinski definition) is 5. The lowest BCUT2D eigenvalue weighted by Gasteiger charge is -2.39. The highest BCUT2D eigenvalue weighted by Gasteiger charge is 2.39. The maximum Gasteiger partial charge on any atom is 0.231 e. The zero-order valence-electron chi connectivity index (χ0n) is 13.1. The maximum atomic E-state index is 6.30. The van der Waals surface area contributed by atoms with Crippen LogP contribution in [0, 0.1) is 0 Å². The Morgan fingerprint density at radius 2 is 2.09 bits per heavy atom. The van der Waals surface area contributed by atoms with Crippen LogP contribution >= 0.6 is 0 Å². The number of rotatable bonds is 1. The van der Waals surface area contributed by atoms with Crippen LogP contribution in [-0.2, 0) is 6.42 Å². The van der Waals surface area contributed by atoms with E-state index in [0.29, 0.717) is 0 Å². The van der Waals surface area contributed by atoms with E-state index in [2.05, 4.69) is 18.0 Å². The summed E-state index contributed by atoms with van der Waals surface area (Å²) in [5.41, 5.74) is 4.64. The summed E-state index contributed by atoms with van der Waals surface area (Å²) in [7, 11) is 3.76. The Bertz CT molecular complexity index is 817. The predicted molar refractivity (Wildman–Crippen MR) is 84.3 cm³/mol. The van der Waals surface area contributed by atoms with Crippen LogP contribution in [-0.4, -0.2) is 32.4 Å². The SMILES string of the molecule is COc1ccc2c(c1)OC1c3c(cc4c(c3-2)OCO4)CCN1C. The molecule has 1 unspecified atom stereocenters. The van der Waals surface area contributed by atoms with Gasteiger partial charge in [-0.2, -0.15) is 0 Å². The minimum Gasteiger partial charge on any atom is -0.497 e. The number of fused-ring (bicyclic) bond motifs is 4. The van der Waals surface area contributed by atoms with Gasteiger partial charge in [-0.15, -0.1) is 0 Å². The van der Waals surface area contributed by atoms with Gasteiger partial charge in [0.05, 0.1) is 7.11 Å². The molecular formula is C18H17NO4. The van der Waals surface area contributed by atoms with Gasteiger partial charge in [-0.3, -0.25) is 4.90 Å². The van der Waals surface area contributed by atoms with Gasteiger partial charge < -0.3 is 18.9 Å². The molecule has 5 nitrogen and oxygen atoms in total. The van der Waals surface area contributed by atoms with Crippen LogP contribution in [0.25, 0.3) is 11.1 Å². The second kappa shape index (κ2) is 4.55. The molecule has 2 aromatic carbocycles. The van der Waals surface area contributed by atoms with Crippen molar-refractivity contribution in [3.05, 3.63) is 35.4 Å². The summed E-state index contributed by atoms with van der Waals surface area (Å²) in [4.78, 5) is 2.23. The van der Waals surface area contributed by atoms with Crippen LogP contribution in [0.1, 0.15) is 17.4 Å². The highest BCUT2D eigenvalue weighted by Crippen LogP contribution is 2.55. The van der Waals surface area contributed by atoms with Crippen LogP contribution in [0.4, 0.5) is 0 Å². The Hall–Kier alpha value is -2.40. The van der Waals surface area contributed by atoms with Gasteiger partial charge in [-0.05, 0) is 37.2 Å². The largest absolute Gasteiger partial charge is 0.497 e. The Morgan fingerprint density at radius 3 is 2.96 bits per heavy atom. The van der Waals surface area contributed by atoms with Crippen molar-refractivity contribution in [3.8, 4) is 34.1 Å². The summed E-state index contributed by atoms with van der Waals surface area (Å²) in [6.07, 6.45) is 0.892. The summed E-state index contributed by atoms with van der Waals surface area (Å²) in [5.74, 6) is 3.28. The van der Waals surface area contributed by atoms with E-state index in [4.69, 9.17) is 18.9 Å². The molecular weight excluding hydrogens is 294 g/mol. The highest BCUT2D eigenvalue weighted by atomic mass is 16.7. The van der Waals surface area contributed by atoms with Crippen molar-refractivity contribution in [1.29, 1.82) is 0 Å². The summed E-state index contributed by atoms with van der Waals surface area (Å²) < 4.78 is 23.1. The molecule has 0 spiro atoms. The fourth-order valence-corrected chi connectivity index (χ4v) is 3.70. The molecule has 0 N–H and O–H groups in total. The zero-order chi connectivity index (χ0) is 15.6. The average Bonchev–Trinajstić information content (AvgIpc) is 3.05. The summed E-state index contributed by atoms with van der Waals surface area (Å²) >= 11 is 0. The quantitative estimate of drug-likeness (QED) is 0.810. The monoisotopic (exact) mass is 311 g/mol. The molecule has 5 heteroatoms. The molecule has 0 fully saturated rings. The van der Waals surface area contributed by atoms with Gasteiger partial charge >= 0.3 is 0 Å². The molecule has 3 aliphatic rings. The molecule has 23 heavy (non-hydrogen) atoms. The smallest absolute Gasteiger partial charge is 0.231 e. The molecule has 118 valence electrons. The van der Waals surface area contributed by atoms with Crippen LogP contribution < -0.4 is 18.9 Å². The number of likely N-dealkylation sites (N-methyl/N-ethyl adjacent to an activating group) is 1. The summed E-state index contributed by atoms with van der Waals surface area (Å²) in [6.45, 7) is 1.23. The Morgan fingerprint density at radius 1 is 1.17 bits per heavy atom. The summed E-state index contributed by atoms with van der Waals surface area (Å²) in [5, 5.41) is 0. The maximum absolute atomic E-state index is 6.30. The number of nitrogens with zero attached hydrogens (tertiary/aromatic N) is 1. The molecule has 5 rings (SSSR count). The van der Waals surface area contributed by atoms with Gasteiger partial charge in [0.1, 0.15) is 11.5 Å². The van der Waals surface area contributed by atoms with Crippen molar-refractivity contribution < 1.29 is 18.9 Å². The minimum absolute atomic E-state index is 0.0946. The van der Waals surface area contributed by atoms with Crippen LogP contribution in [0.2, 0.25) is 0 Å². The molecule has 0 amide bonds. The molecule has 0 saturated carbocycles. The first-order valence-electron chi connectivity index (χ1n) is 7.77. The zero-order valence-corrected chi connectivity index (χ0v) is 13.1. The van der Waals surface area contributed by atoms with Crippen molar-refractivity contribution >= 4 is 0 Å². The van der Waals surface area contributed by atoms with Crippen LogP contribution in [0.15, 0.2) is 24.3 Å². The van der Waals surface area contributed by atoms with Crippen molar-refractivity contribution in [2.75, 3.05) is 27.5 Å². The normalized spacial score (nSPS) is 20.5. The molecule has 0 saturated heterocycles. The van der Waals surface area contributed by atoms with E-state index < -0.39 is 0 Å². The molecule has 0 radical (unpaired) electrons. The van der Waals surface area contributed by atoms with E-state index in [1.807, 2.05) is 18.2 Å².